The third kappa shape index (κ3) is 3.76. The SMILES string of the molecule is CNC(CCCC(F)(F)F)c1cc2cccc(Br)c2o1. The van der Waals surface area contributed by atoms with Crippen molar-refractivity contribution in [1.82, 2.24) is 5.32 Å². The summed E-state index contributed by atoms with van der Waals surface area (Å²) < 4.78 is 43.1. The average molecular weight is 350 g/mol. The summed E-state index contributed by atoms with van der Waals surface area (Å²) in [6.45, 7) is 0. The molecule has 0 aliphatic carbocycles. The van der Waals surface area contributed by atoms with Crippen molar-refractivity contribution in [3.63, 3.8) is 0 Å². The highest BCUT2D eigenvalue weighted by atomic mass is 79.9. The number of hydrogen-bond donors (Lipinski definition) is 1. The third-order valence-electron chi connectivity index (χ3n) is 3.16. The van der Waals surface area contributed by atoms with E-state index in [4.69, 9.17) is 4.42 Å². The van der Waals surface area contributed by atoms with Gasteiger partial charge < -0.3 is 9.73 Å². The van der Waals surface area contributed by atoms with Gasteiger partial charge in [-0.15, -0.1) is 0 Å². The molecule has 2 nitrogen and oxygen atoms in total. The molecule has 2 rings (SSSR count). The van der Waals surface area contributed by atoms with Crippen LogP contribution in [0.3, 0.4) is 0 Å². The van der Waals surface area contributed by atoms with E-state index in [1.807, 2.05) is 24.3 Å². The van der Waals surface area contributed by atoms with Crippen molar-refractivity contribution in [2.45, 2.75) is 31.5 Å². The first kappa shape index (κ1) is 15.4. The van der Waals surface area contributed by atoms with Crippen LogP contribution in [-0.2, 0) is 0 Å². The number of rotatable bonds is 5. The molecule has 1 aromatic heterocycles. The number of nitrogens with one attached hydrogen (secondary N) is 1. The Labute approximate surface area is 123 Å². The van der Waals surface area contributed by atoms with Crippen molar-refractivity contribution in [2.24, 2.45) is 0 Å². The summed E-state index contributed by atoms with van der Waals surface area (Å²) in [5.41, 5.74) is 0.721. The van der Waals surface area contributed by atoms with Crippen molar-refractivity contribution < 1.29 is 17.6 Å². The van der Waals surface area contributed by atoms with E-state index in [1.54, 1.807) is 7.05 Å². The normalized spacial score (nSPS) is 13.8. The zero-order valence-corrected chi connectivity index (χ0v) is 12.5. The number of halogens is 4. The van der Waals surface area contributed by atoms with Crippen LogP contribution in [0.15, 0.2) is 33.2 Å². The Hall–Kier alpha value is -1.01. The molecule has 2 aromatic rings. The first-order chi connectivity index (χ1) is 9.40. The van der Waals surface area contributed by atoms with E-state index >= 15 is 0 Å². The Balaban J connectivity index is 2.11. The number of furan rings is 1. The third-order valence-corrected chi connectivity index (χ3v) is 3.78. The summed E-state index contributed by atoms with van der Waals surface area (Å²) in [6, 6.07) is 7.33. The van der Waals surface area contributed by atoms with E-state index in [0.29, 0.717) is 12.2 Å². The van der Waals surface area contributed by atoms with Gasteiger partial charge in [-0.3, -0.25) is 0 Å². The van der Waals surface area contributed by atoms with Gasteiger partial charge in [-0.05, 0) is 48.0 Å². The second-order valence-corrected chi connectivity index (χ2v) is 5.51. The highest BCUT2D eigenvalue weighted by Crippen LogP contribution is 2.32. The van der Waals surface area contributed by atoms with Crippen molar-refractivity contribution in [2.75, 3.05) is 7.05 Å². The lowest BCUT2D eigenvalue weighted by atomic mass is 10.1. The molecule has 6 heteroatoms. The quantitative estimate of drug-likeness (QED) is 0.803. The lowest BCUT2D eigenvalue weighted by molar-refractivity contribution is -0.135. The summed E-state index contributed by atoms with van der Waals surface area (Å²) >= 11 is 3.40. The number of para-hydroxylation sites is 1. The molecule has 0 fully saturated rings. The fourth-order valence-electron chi connectivity index (χ4n) is 2.15. The maximum absolute atomic E-state index is 12.2. The molecule has 0 radical (unpaired) electrons. The van der Waals surface area contributed by atoms with Crippen LogP contribution < -0.4 is 5.32 Å². The second kappa shape index (κ2) is 6.18. The lowest BCUT2D eigenvalue weighted by Crippen LogP contribution is -2.17. The smallest absolute Gasteiger partial charge is 0.389 e. The van der Waals surface area contributed by atoms with E-state index < -0.39 is 12.6 Å². The van der Waals surface area contributed by atoms with Crippen LogP contribution in [0, 0.1) is 0 Å². The van der Waals surface area contributed by atoms with Gasteiger partial charge in [0.25, 0.3) is 0 Å². The van der Waals surface area contributed by atoms with Gasteiger partial charge in [0.2, 0.25) is 0 Å². The summed E-state index contributed by atoms with van der Waals surface area (Å²) in [6.07, 6.45) is -4.41. The Morgan fingerprint density at radius 3 is 2.70 bits per heavy atom. The summed E-state index contributed by atoms with van der Waals surface area (Å²) in [5, 5.41) is 3.94. The molecule has 1 unspecified atom stereocenters. The zero-order chi connectivity index (χ0) is 14.8. The van der Waals surface area contributed by atoms with E-state index in [2.05, 4.69) is 21.2 Å². The van der Waals surface area contributed by atoms with Crippen LogP contribution in [0.5, 0.6) is 0 Å². The molecule has 0 bridgehead atoms. The number of fused-ring (bicyclic) bond motifs is 1. The summed E-state index contributed by atoms with van der Waals surface area (Å²) in [4.78, 5) is 0. The molecular formula is C14H15BrF3NO. The van der Waals surface area contributed by atoms with Crippen molar-refractivity contribution in [3.8, 4) is 0 Å². The van der Waals surface area contributed by atoms with E-state index in [-0.39, 0.29) is 12.5 Å². The number of hydrogen-bond acceptors (Lipinski definition) is 2. The highest BCUT2D eigenvalue weighted by Gasteiger charge is 2.27. The van der Waals surface area contributed by atoms with Gasteiger partial charge in [-0.2, -0.15) is 13.2 Å². The monoisotopic (exact) mass is 349 g/mol. The van der Waals surface area contributed by atoms with Crippen LogP contribution in [0.4, 0.5) is 13.2 Å². The lowest BCUT2D eigenvalue weighted by Gasteiger charge is -2.14. The molecule has 1 heterocycles. The van der Waals surface area contributed by atoms with Gasteiger partial charge in [-0.25, -0.2) is 0 Å². The van der Waals surface area contributed by atoms with E-state index in [1.165, 1.54) is 0 Å². The highest BCUT2D eigenvalue weighted by molar-refractivity contribution is 9.10. The minimum absolute atomic E-state index is 0.0766. The molecule has 0 aliphatic heterocycles. The fraction of sp³-hybridized carbons (Fsp3) is 0.429. The van der Waals surface area contributed by atoms with E-state index in [9.17, 15) is 13.2 Å². The number of benzene rings is 1. The minimum Gasteiger partial charge on any atom is -0.458 e. The van der Waals surface area contributed by atoms with Gasteiger partial charge in [0.1, 0.15) is 11.3 Å². The number of alkyl halides is 3. The van der Waals surface area contributed by atoms with E-state index in [0.717, 1.165) is 15.4 Å². The summed E-state index contributed by atoms with van der Waals surface area (Å²) in [5.74, 6) is 0.663. The standard InChI is InChI=1S/C14H15BrF3NO/c1-19-11(6-3-7-14(16,17)18)12-8-9-4-2-5-10(15)13(9)20-12/h2,4-5,8,11,19H,3,6-7H2,1H3. The average Bonchev–Trinajstić information content (AvgIpc) is 2.78. The molecule has 1 aromatic carbocycles. The Bertz CT molecular complexity index is 579. The largest absolute Gasteiger partial charge is 0.458 e. The molecule has 1 N–H and O–H groups in total. The second-order valence-electron chi connectivity index (χ2n) is 4.66. The van der Waals surface area contributed by atoms with Gasteiger partial charge in [-0.1, -0.05) is 12.1 Å². The van der Waals surface area contributed by atoms with Crippen molar-refractivity contribution in [3.05, 3.63) is 34.5 Å². The van der Waals surface area contributed by atoms with Crippen LogP contribution in [0.2, 0.25) is 0 Å². The predicted molar refractivity (Wildman–Crippen MR) is 75.6 cm³/mol. The van der Waals surface area contributed by atoms with Crippen molar-refractivity contribution >= 4 is 26.9 Å². The topological polar surface area (TPSA) is 25.2 Å². The van der Waals surface area contributed by atoms with Gasteiger partial charge in [0.15, 0.2) is 0 Å². The van der Waals surface area contributed by atoms with Crippen LogP contribution in [0.25, 0.3) is 11.0 Å². The molecule has 20 heavy (non-hydrogen) atoms. The van der Waals surface area contributed by atoms with Crippen molar-refractivity contribution in [1.29, 1.82) is 0 Å². The molecule has 0 aliphatic rings. The Morgan fingerprint density at radius 2 is 2.10 bits per heavy atom. The van der Waals surface area contributed by atoms with Gasteiger partial charge in [0.05, 0.1) is 10.5 Å². The molecule has 0 amide bonds. The zero-order valence-electron chi connectivity index (χ0n) is 10.9. The first-order valence-corrected chi connectivity index (χ1v) is 7.12. The van der Waals surface area contributed by atoms with Gasteiger partial charge >= 0.3 is 6.18 Å². The molecular weight excluding hydrogens is 335 g/mol. The summed E-state index contributed by atoms with van der Waals surface area (Å²) in [7, 11) is 1.72. The molecule has 0 saturated carbocycles. The Kier molecular flexibility index (Phi) is 4.75. The molecule has 110 valence electrons. The fourth-order valence-corrected chi connectivity index (χ4v) is 2.62. The van der Waals surface area contributed by atoms with Crippen LogP contribution >= 0.6 is 15.9 Å². The van der Waals surface area contributed by atoms with Crippen LogP contribution in [0.1, 0.15) is 31.1 Å². The maximum atomic E-state index is 12.2. The Morgan fingerprint density at radius 1 is 1.35 bits per heavy atom. The van der Waals surface area contributed by atoms with Gasteiger partial charge in [0, 0.05) is 11.8 Å². The maximum Gasteiger partial charge on any atom is 0.389 e. The predicted octanol–water partition coefficient (Wildman–Crippen LogP) is 5.19. The molecule has 1 atom stereocenters. The minimum atomic E-state index is -4.10. The molecule has 0 saturated heterocycles. The molecule has 0 spiro atoms. The van der Waals surface area contributed by atoms with Crippen LogP contribution in [-0.4, -0.2) is 13.2 Å². The first-order valence-electron chi connectivity index (χ1n) is 6.32.